The maximum Gasteiger partial charge on any atom is 0.511 e. The van der Waals surface area contributed by atoms with Crippen LogP contribution in [0, 0.1) is 0 Å². The molecule has 0 amide bonds. The summed E-state index contributed by atoms with van der Waals surface area (Å²) in [5.74, 6) is 0.125. The molecule has 1 N–H and O–H groups in total. The van der Waals surface area contributed by atoms with E-state index in [1.165, 1.54) is 11.3 Å². The molecular weight excluding hydrogens is 500 g/mol. The topological polar surface area (TPSA) is 59.4 Å². The first-order chi connectivity index (χ1) is 14.8. The Hall–Kier alpha value is -2.28. The Bertz CT molecular complexity index is 1310. The molecule has 4 aromatic rings. The van der Waals surface area contributed by atoms with Crippen LogP contribution in [0.4, 0.5) is 4.79 Å². The average Bonchev–Trinajstić information content (AvgIpc) is 3.22. The van der Waals surface area contributed by atoms with Gasteiger partial charge in [-0.05, 0) is 42.5 Å². The smallest absolute Gasteiger partial charge is 0.449 e. The van der Waals surface area contributed by atoms with E-state index in [0.717, 1.165) is 11.3 Å². The zero-order valence-electron chi connectivity index (χ0n) is 15.4. The molecule has 4 rings (SSSR count). The van der Waals surface area contributed by atoms with Crippen molar-refractivity contribution in [3.8, 4) is 38.7 Å². The molecule has 156 valence electrons. The fourth-order valence-corrected chi connectivity index (χ4v) is 4.47. The minimum absolute atomic E-state index is 0.125. The second kappa shape index (κ2) is 9.07. The van der Waals surface area contributed by atoms with Gasteiger partial charge in [0.1, 0.15) is 10.8 Å². The molecule has 0 atom stereocenters. The van der Waals surface area contributed by atoms with E-state index in [1.54, 1.807) is 42.5 Å². The molecule has 0 radical (unpaired) electrons. The summed E-state index contributed by atoms with van der Waals surface area (Å²) in [6.07, 6.45) is -1.44. The number of carbonyl (C=O) groups is 1. The van der Waals surface area contributed by atoms with Gasteiger partial charge in [-0.15, -0.1) is 11.3 Å². The summed E-state index contributed by atoms with van der Waals surface area (Å²) in [4.78, 5) is 15.9. The maximum atomic E-state index is 11.3. The second-order valence-corrected chi connectivity index (χ2v) is 8.89. The van der Waals surface area contributed by atoms with Crippen LogP contribution in [0.2, 0.25) is 20.1 Å². The highest BCUT2D eigenvalue weighted by molar-refractivity contribution is 7.13. The van der Waals surface area contributed by atoms with Crippen molar-refractivity contribution in [1.29, 1.82) is 0 Å². The van der Waals surface area contributed by atoms with E-state index in [9.17, 15) is 9.90 Å². The summed E-state index contributed by atoms with van der Waals surface area (Å²) < 4.78 is 5.04. The van der Waals surface area contributed by atoms with Gasteiger partial charge in [-0.25, -0.2) is 9.78 Å². The number of nitrogens with zero attached hydrogens (tertiary/aromatic N) is 1. The number of ether oxygens (including phenoxy) is 1. The molecule has 0 saturated carbocycles. The van der Waals surface area contributed by atoms with Crippen LogP contribution in [0.1, 0.15) is 0 Å². The maximum absolute atomic E-state index is 11.3. The summed E-state index contributed by atoms with van der Waals surface area (Å²) in [6.45, 7) is 0. The van der Waals surface area contributed by atoms with Crippen LogP contribution in [0.5, 0.6) is 5.75 Å². The third-order valence-corrected chi connectivity index (χ3v) is 6.56. The zero-order chi connectivity index (χ0) is 22.1. The van der Waals surface area contributed by atoms with Crippen molar-refractivity contribution in [3.05, 3.63) is 80.1 Å². The van der Waals surface area contributed by atoms with Gasteiger partial charge >= 0.3 is 6.16 Å². The molecule has 0 aliphatic carbocycles. The van der Waals surface area contributed by atoms with Crippen LogP contribution in [0.25, 0.3) is 33.0 Å². The van der Waals surface area contributed by atoms with Crippen LogP contribution in [-0.4, -0.2) is 16.2 Å². The quantitative estimate of drug-likeness (QED) is 0.220. The largest absolute Gasteiger partial charge is 0.511 e. The van der Waals surface area contributed by atoms with Crippen molar-refractivity contribution < 1.29 is 14.6 Å². The Morgan fingerprint density at radius 2 is 1.58 bits per heavy atom. The number of halogens is 4. The van der Waals surface area contributed by atoms with Gasteiger partial charge in [-0.2, -0.15) is 0 Å². The van der Waals surface area contributed by atoms with Crippen molar-refractivity contribution in [2.45, 2.75) is 0 Å². The Morgan fingerprint density at radius 3 is 2.32 bits per heavy atom. The van der Waals surface area contributed by atoms with E-state index in [2.05, 4.69) is 4.98 Å². The lowest BCUT2D eigenvalue weighted by molar-refractivity contribution is 0.144. The molecule has 0 fully saturated rings. The van der Waals surface area contributed by atoms with Crippen LogP contribution in [0.3, 0.4) is 0 Å². The SMILES string of the molecule is O=C(O)Oc1cc(-c2nc(-c3ccc(Cl)c(Cl)c3)cs2)ccc1-c1cc(Cl)ccc1Cl. The van der Waals surface area contributed by atoms with E-state index in [4.69, 9.17) is 51.1 Å². The Labute approximate surface area is 201 Å². The molecule has 0 unspecified atom stereocenters. The number of hydrogen-bond donors (Lipinski definition) is 1. The molecule has 0 aliphatic heterocycles. The van der Waals surface area contributed by atoms with Crippen molar-refractivity contribution in [2.75, 3.05) is 0 Å². The monoisotopic (exact) mass is 509 g/mol. The standard InChI is InChI=1S/C22H11Cl4NO3S/c23-13-3-6-16(24)15(9-13)14-4-1-12(8-20(14)30-22(28)29)21-27-19(10-31-21)11-2-5-17(25)18(26)7-11/h1-10H,(H,28,29). The van der Waals surface area contributed by atoms with Gasteiger partial charge in [-0.1, -0.05) is 58.5 Å². The number of hydrogen-bond acceptors (Lipinski definition) is 4. The molecule has 0 bridgehead atoms. The number of thiazole rings is 1. The fraction of sp³-hybridized carbons (Fsp3) is 0. The molecule has 1 aromatic heterocycles. The summed E-state index contributed by atoms with van der Waals surface area (Å²) in [6, 6.07) is 15.4. The zero-order valence-corrected chi connectivity index (χ0v) is 19.2. The number of rotatable bonds is 4. The molecule has 1 heterocycles. The van der Waals surface area contributed by atoms with E-state index in [0.29, 0.717) is 41.8 Å². The average molecular weight is 511 g/mol. The van der Waals surface area contributed by atoms with Crippen LogP contribution < -0.4 is 4.74 Å². The molecule has 31 heavy (non-hydrogen) atoms. The number of benzene rings is 3. The minimum atomic E-state index is -1.44. The van der Waals surface area contributed by atoms with E-state index in [-0.39, 0.29) is 5.75 Å². The van der Waals surface area contributed by atoms with Crippen molar-refractivity contribution in [2.24, 2.45) is 0 Å². The highest BCUT2D eigenvalue weighted by atomic mass is 35.5. The predicted molar refractivity (Wildman–Crippen MR) is 127 cm³/mol. The van der Waals surface area contributed by atoms with Gasteiger partial charge in [0, 0.05) is 37.7 Å². The van der Waals surface area contributed by atoms with Crippen molar-refractivity contribution in [3.63, 3.8) is 0 Å². The van der Waals surface area contributed by atoms with Gasteiger partial charge in [0.15, 0.2) is 0 Å². The first kappa shape index (κ1) is 21.9. The first-order valence-corrected chi connectivity index (χ1v) is 11.1. The Balaban J connectivity index is 1.76. The molecule has 0 saturated heterocycles. The Morgan fingerprint density at radius 1 is 0.839 bits per heavy atom. The lowest BCUT2D eigenvalue weighted by atomic mass is 10.0. The number of aromatic nitrogens is 1. The van der Waals surface area contributed by atoms with Crippen molar-refractivity contribution >= 4 is 63.9 Å². The molecule has 0 spiro atoms. The summed E-state index contributed by atoms with van der Waals surface area (Å²) in [5.41, 5.74) is 3.30. The number of carboxylic acid groups (broad SMARTS) is 1. The third kappa shape index (κ3) is 4.81. The molecule has 3 aromatic carbocycles. The van der Waals surface area contributed by atoms with E-state index >= 15 is 0 Å². The first-order valence-electron chi connectivity index (χ1n) is 8.73. The molecule has 4 nitrogen and oxygen atoms in total. The lowest BCUT2D eigenvalue weighted by Gasteiger charge is -2.12. The summed E-state index contributed by atoms with van der Waals surface area (Å²) in [5, 5.41) is 13.6. The van der Waals surface area contributed by atoms with Gasteiger partial charge in [-0.3, -0.25) is 0 Å². The fourth-order valence-electron chi connectivity index (χ4n) is 2.95. The van der Waals surface area contributed by atoms with Crippen LogP contribution in [-0.2, 0) is 0 Å². The van der Waals surface area contributed by atoms with Gasteiger partial charge in [0.05, 0.1) is 15.7 Å². The van der Waals surface area contributed by atoms with E-state index < -0.39 is 6.16 Å². The van der Waals surface area contributed by atoms with Gasteiger partial charge in [0.25, 0.3) is 0 Å². The van der Waals surface area contributed by atoms with E-state index in [1.807, 2.05) is 17.5 Å². The molecular formula is C22H11Cl4NO3S. The van der Waals surface area contributed by atoms with Crippen LogP contribution >= 0.6 is 57.7 Å². The predicted octanol–water partition coefficient (Wildman–Crippen LogP) is 8.81. The molecule has 9 heteroatoms. The second-order valence-electron chi connectivity index (χ2n) is 6.37. The van der Waals surface area contributed by atoms with Gasteiger partial charge in [0.2, 0.25) is 0 Å². The highest BCUT2D eigenvalue weighted by Crippen LogP contribution is 2.40. The highest BCUT2D eigenvalue weighted by Gasteiger charge is 2.16. The Kier molecular flexibility index (Phi) is 6.42. The van der Waals surface area contributed by atoms with Gasteiger partial charge < -0.3 is 9.84 Å². The summed E-state index contributed by atoms with van der Waals surface area (Å²) >= 11 is 25.9. The lowest BCUT2D eigenvalue weighted by Crippen LogP contribution is -2.04. The van der Waals surface area contributed by atoms with Crippen molar-refractivity contribution in [1.82, 2.24) is 4.98 Å². The summed E-state index contributed by atoms with van der Waals surface area (Å²) in [7, 11) is 0. The third-order valence-electron chi connectivity index (χ3n) is 4.36. The molecule has 0 aliphatic rings. The van der Waals surface area contributed by atoms with Crippen LogP contribution in [0.15, 0.2) is 60.0 Å². The minimum Gasteiger partial charge on any atom is -0.449 e. The normalized spacial score (nSPS) is 10.8.